The lowest BCUT2D eigenvalue weighted by Gasteiger charge is -2.18. The molecule has 18 heavy (non-hydrogen) atoms. The molecule has 8 heteroatoms. The fraction of sp³-hybridized carbons (Fsp3) is 0.500. The van der Waals surface area contributed by atoms with Crippen LogP contribution >= 0.6 is 0 Å². The van der Waals surface area contributed by atoms with E-state index in [1.165, 1.54) is 18.0 Å². The second kappa shape index (κ2) is 5.19. The maximum atomic E-state index is 12.1. The Morgan fingerprint density at radius 1 is 1.44 bits per heavy atom. The van der Waals surface area contributed by atoms with Gasteiger partial charge in [0.15, 0.2) is 0 Å². The van der Waals surface area contributed by atoms with Crippen molar-refractivity contribution in [3.8, 4) is 0 Å². The smallest absolute Gasteiger partial charge is 0.382 e. The Hall–Kier alpha value is -1.86. The van der Waals surface area contributed by atoms with Crippen molar-refractivity contribution in [3.63, 3.8) is 0 Å². The van der Waals surface area contributed by atoms with Crippen LogP contribution in [0.4, 0.5) is 19.1 Å². The van der Waals surface area contributed by atoms with Crippen LogP contribution < -0.4 is 10.6 Å². The Bertz CT molecular complexity index is 444. The molecule has 0 spiro atoms. The van der Waals surface area contributed by atoms with Gasteiger partial charge in [-0.15, -0.1) is 0 Å². The molecule has 0 unspecified atom stereocenters. The number of amidine groups is 1. The van der Waals surface area contributed by atoms with Crippen molar-refractivity contribution in [1.82, 2.24) is 9.97 Å². The van der Waals surface area contributed by atoms with E-state index in [0.717, 1.165) is 0 Å². The molecule has 0 atom stereocenters. The Kier molecular flexibility index (Phi) is 4.10. The monoisotopic (exact) mass is 261 g/mol. The van der Waals surface area contributed by atoms with Gasteiger partial charge < -0.3 is 10.6 Å². The number of nitrogens with one attached hydrogen (secondary N) is 1. The molecule has 1 aromatic heterocycles. The molecular weight excluding hydrogens is 247 g/mol. The number of aromatic nitrogens is 2. The molecule has 0 fully saturated rings. The van der Waals surface area contributed by atoms with Crippen LogP contribution in [0.3, 0.4) is 0 Å². The first-order chi connectivity index (χ1) is 8.19. The first-order valence-corrected chi connectivity index (χ1v) is 5.17. The minimum atomic E-state index is -4.22. The van der Waals surface area contributed by atoms with Crippen LogP contribution in [0.5, 0.6) is 0 Å². The molecule has 100 valence electrons. The zero-order valence-electron chi connectivity index (χ0n) is 10.0. The summed E-state index contributed by atoms with van der Waals surface area (Å²) in [4.78, 5) is 9.23. The maximum Gasteiger partial charge on any atom is 0.390 e. The van der Waals surface area contributed by atoms with E-state index in [1.807, 2.05) is 0 Å². The van der Waals surface area contributed by atoms with Gasteiger partial charge in [-0.2, -0.15) is 13.2 Å². The first-order valence-electron chi connectivity index (χ1n) is 5.17. The van der Waals surface area contributed by atoms with Crippen molar-refractivity contribution in [3.05, 3.63) is 17.5 Å². The van der Waals surface area contributed by atoms with Gasteiger partial charge in [0.05, 0.1) is 6.42 Å². The van der Waals surface area contributed by atoms with Gasteiger partial charge in [-0.25, -0.2) is 9.97 Å². The van der Waals surface area contributed by atoms with Gasteiger partial charge in [0.1, 0.15) is 11.5 Å². The minimum Gasteiger partial charge on any atom is -0.382 e. The van der Waals surface area contributed by atoms with Gasteiger partial charge in [-0.3, -0.25) is 5.41 Å². The van der Waals surface area contributed by atoms with Crippen LogP contribution in [0.2, 0.25) is 0 Å². The SMILES string of the molecule is Cc1cc(C(=N)N)nc(N(C)CCC(F)(F)F)n1. The molecule has 0 saturated heterocycles. The van der Waals surface area contributed by atoms with Crippen molar-refractivity contribution in [2.45, 2.75) is 19.5 Å². The summed E-state index contributed by atoms with van der Waals surface area (Å²) in [7, 11) is 1.46. The summed E-state index contributed by atoms with van der Waals surface area (Å²) in [5.74, 6) is -0.115. The van der Waals surface area contributed by atoms with Gasteiger partial charge in [0, 0.05) is 19.3 Å². The van der Waals surface area contributed by atoms with Crippen LogP contribution in [0, 0.1) is 12.3 Å². The van der Waals surface area contributed by atoms with Crippen molar-refractivity contribution in [1.29, 1.82) is 5.41 Å². The summed E-state index contributed by atoms with van der Waals surface area (Å²) >= 11 is 0. The third kappa shape index (κ3) is 4.19. The van der Waals surface area contributed by atoms with Gasteiger partial charge in [0.2, 0.25) is 5.95 Å². The topological polar surface area (TPSA) is 78.9 Å². The molecular formula is C10H14F3N5. The molecule has 5 nitrogen and oxygen atoms in total. The molecule has 0 bridgehead atoms. The van der Waals surface area contributed by atoms with Crippen LogP contribution in [0.15, 0.2) is 6.07 Å². The van der Waals surface area contributed by atoms with Crippen LogP contribution in [0.25, 0.3) is 0 Å². The number of alkyl halides is 3. The highest BCUT2D eigenvalue weighted by molar-refractivity contribution is 5.93. The summed E-state index contributed by atoms with van der Waals surface area (Å²) < 4.78 is 36.3. The Morgan fingerprint density at radius 2 is 2.06 bits per heavy atom. The zero-order valence-corrected chi connectivity index (χ0v) is 10.0. The predicted octanol–water partition coefficient (Wildman–Crippen LogP) is 1.46. The molecule has 0 aliphatic heterocycles. The zero-order chi connectivity index (χ0) is 13.9. The summed E-state index contributed by atoms with van der Waals surface area (Å²) in [6.45, 7) is 1.42. The number of anilines is 1. The van der Waals surface area contributed by atoms with Crippen molar-refractivity contribution >= 4 is 11.8 Å². The van der Waals surface area contributed by atoms with E-state index in [1.54, 1.807) is 6.92 Å². The summed E-state index contributed by atoms with van der Waals surface area (Å²) in [5.41, 5.74) is 6.04. The molecule has 0 aliphatic carbocycles. The van der Waals surface area contributed by atoms with Crippen molar-refractivity contribution in [2.24, 2.45) is 5.73 Å². The Labute approximate surface area is 102 Å². The molecule has 0 saturated carbocycles. The second-order valence-electron chi connectivity index (χ2n) is 3.89. The highest BCUT2D eigenvalue weighted by atomic mass is 19.4. The highest BCUT2D eigenvalue weighted by Crippen LogP contribution is 2.20. The van der Waals surface area contributed by atoms with Gasteiger partial charge in [-0.1, -0.05) is 0 Å². The largest absolute Gasteiger partial charge is 0.390 e. The fourth-order valence-electron chi connectivity index (χ4n) is 1.26. The third-order valence-corrected chi connectivity index (χ3v) is 2.19. The van der Waals surface area contributed by atoms with Crippen LogP contribution in [0.1, 0.15) is 17.8 Å². The molecule has 0 aliphatic rings. The molecule has 0 aromatic carbocycles. The Balaban J connectivity index is 2.85. The van der Waals surface area contributed by atoms with E-state index in [9.17, 15) is 13.2 Å². The second-order valence-corrected chi connectivity index (χ2v) is 3.89. The number of halogens is 3. The molecule has 3 N–H and O–H groups in total. The summed E-state index contributed by atoms with van der Waals surface area (Å²) in [6.07, 6.45) is -5.17. The van der Waals surface area contributed by atoms with E-state index < -0.39 is 12.6 Å². The summed E-state index contributed by atoms with van der Waals surface area (Å²) in [5, 5.41) is 7.26. The number of hydrogen-bond acceptors (Lipinski definition) is 4. The number of rotatable bonds is 4. The van der Waals surface area contributed by atoms with Gasteiger partial charge in [-0.05, 0) is 13.0 Å². The molecule has 0 radical (unpaired) electrons. The normalized spacial score (nSPS) is 11.4. The highest BCUT2D eigenvalue weighted by Gasteiger charge is 2.27. The van der Waals surface area contributed by atoms with Crippen LogP contribution in [-0.2, 0) is 0 Å². The van der Waals surface area contributed by atoms with Crippen LogP contribution in [-0.4, -0.2) is 35.6 Å². The van der Waals surface area contributed by atoms with E-state index in [-0.39, 0.29) is 24.0 Å². The lowest BCUT2D eigenvalue weighted by atomic mass is 10.3. The predicted molar refractivity (Wildman–Crippen MR) is 61.7 cm³/mol. The summed E-state index contributed by atoms with van der Waals surface area (Å²) in [6, 6.07) is 1.50. The minimum absolute atomic E-state index is 0.129. The number of hydrogen-bond donors (Lipinski definition) is 2. The van der Waals surface area contributed by atoms with Crippen molar-refractivity contribution in [2.75, 3.05) is 18.5 Å². The average molecular weight is 261 g/mol. The number of nitrogens with zero attached hydrogens (tertiary/aromatic N) is 3. The van der Waals surface area contributed by atoms with Crippen molar-refractivity contribution < 1.29 is 13.2 Å². The number of nitrogen functional groups attached to an aromatic ring is 1. The lowest BCUT2D eigenvalue weighted by molar-refractivity contribution is -0.132. The molecule has 1 aromatic rings. The van der Waals surface area contributed by atoms with E-state index in [0.29, 0.717) is 5.69 Å². The quantitative estimate of drug-likeness (QED) is 0.635. The van der Waals surface area contributed by atoms with E-state index in [2.05, 4.69) is 9.97 Å². The molecule has 1 rings (SSSR count). The number of nitrogens with two attached hydrogens (primary N) is 1. The number of aryl methyl sites for hydroxylation is 1. The molecule has 0 amide bonds. The Morgan fingerprint density at radius 3 is 2.56 bits per heavy atom. The average Bonchev–Trinajstić information content (AvgIpc) is 2.23. The standard InChI is InChI=1S/C10H14F3N5/c1-6-5-7(8(14)15)17-9(16-6)18(2)4-3-10(11,12)13/h5H,3-4H2,1-2H3,(H3,14,15). The van der Waals surface area contributed by atoms with Gasteiger partial charge >= 0.3 is 6.18 Å². The maximum absolute atomic E-state index is 12.1. The molecule has 1 heterocycles. The third-order valence-electron chi connectivity index (χ3n) is 2.19. The van der Waals surface area contributed by atoms with Gasteiger partial charge in [0.25, 0.3) is 0 Å². The lowest BCUT2D eigenvalue weighted by Crippen LogP contribution is -2.27. The first kappa shape index (κ1) is 14.2. The fourth-order valence-corrected chi connectivity index (χ4v) is 1.26. The van der Waals surface area contributed by atoms with E-state index >= 15 is 0 Å². The van der Waals surface area contributed by atoms with E-state index in [4.69, 9.17) is 11.1 Å².